The normalized spacial score (nSPS) is 21.5. The molecule has 1 aliphatic rings. The van der Waals surface area contributed by atoms with Crippen LogP contribution in [0.2, 0.25) is 0 Å². The van der Waals surface area contributed by atoms with Gasteiger partial charge in [0.05, 0.1) is 12.6 Å². The molecule has 1 N–H and O–H groups in total. The summed E-state index contributed by atoms with van der Waals surface area (Å²) < 4.78 is 5.41. The number of likely N-dealkylation sites (tertiary alicyclic amines) is 1. The lowest BCUT2D eigenvalue weighted by Crippen LogP contribution is -2.63. The van der Waals surface area contributed by atoms with E-state index >= 15 is 0 Å². The third-order valence-electron chi connectivity index (χ3n) is 5.28. The van der Waals surface area contributed by atoms with Gasteiger partial charge in [-0.25, -0.2) is 4.79 Å². The molecule has 1 fully saturated rings. The van der Waals surface area contributed by atoms with Crippen LogP contribution in [0.15, 0.2) is 60.7 Å². The number of nitrogens with zero attached hydrogens (tertiary/aromatic N) is 2. The van der Waals surface area contributed by atoms with Crippen LogP contribution in [-0.2, 0) is 16.1 Å². The van der Waals surface area contributed by atoms with E-state index in [0.717, 1.165) is 11.3 Å². The average Bonchev–Trinajstić information content (AvgIpc) is 2.74. The van der Waals surface area contributed by atoms with E-state index in [2.05, 4.69) is 0 Å². The highest BCUT2D eigenvalue weighted by atomic mass is 16.6. The summed E-state index contributed by atoms with van der Waals surface area (Å²) in [5.41, 5.74) is 0.404. The quantitative estimate of drug-likeness (QED) is 0.839. The lowest BCUT2D eigenvalue weighted by Gasteiger charge is -2.47. The van der Waals surface area contributed by atoms with E-state index in [1.54, 1.807) is 11.8 Å². The van der Waals surface area contributed by atoms with Crippen molar-refractivity contribution in [1.29, 1.82) is 0 Å². The van der Waals surface area contributed by atoms with Crippen LogP contribution in [0.3, 0.4) is 0 Å². The minimum absolute atomic E-state index is 0.0541. The topological polar surface area (TPSA) is 70.1 Å². The van der Waals surface area contributed by atoms with Gasteiger partial charge in [-0.05, 0) is 31.0 Å². The largest absolute Gasteiger partial charge is 0.445 e. The summed E-state index contributed by atoms with van der Waals surface area (Å²) in [6.07, 6.45) is 0.346. The van der Waals surface area contributed by atoms with Gasteiger partial charge in [0, 0.05) is 18.7 Å². The number of amides is 2. The number of aliphatic hydroxyl groups is 1. The fraction of sp³-hybridized carbons (Fsp3) is 0.391. The van der Waals surface area contributed by atoms with E-state index in [-0.39, 0.29) is 19.1 Å². The Morgan fingerprint density at radius 1 is 1.14 bits per heavy atom. The van der Waals surface area contributed by atoms with E-state index in [1.807, 2.05) is 67.6 Å². The maximum atomic E-state index is 12.7. The fourth-order valence-electron chi connectivity index (χ4n) is 3.79. The molecule has 3 rings (SSSR count). The molecule has 6 nitrogen and oxygen atoms in total. The van der Waals surface area contributed by atoms with Crippen LogP contribution in [0.25, 0.3) is 0 Å². The summed E-state index contributed by atoms with van der Waals surface area (Å²) in [7, 11) is 0. The number of carbonyl (C=O) groups excluding carboxylic acids is 2. The number of β-amino-alcohol motifs (C(OH)–C–C–N with tert-alkyl or cyclic N) is 1. The van der Waals surface area contributed by atoms with Crippen molar-refractivity contribution < 1.29 is 19.4 Å². The van der Waals surface area contributed by atoms with Crippen molar-refractivity contribution >= 4 is 17.7 Å². The highest BCUT2D eigenvalue weighted by Gasteiger charge is 2.44. The zero-order chi connectivity index (χ0) is 20.9. The Hall–Kier alpha value is -2.86. The molecule has 2 aromatic rings. The van der Waals surface area contributed by atoms with Gasteiger partial charge < -0.3 is 19.6 Å². The zero-order valence-corrected chi connectivity index (χ0v) is 17.0. The number of benzene rings is 2. The number of piperidine rings is 1. The highest BCUT2D eigenvalue weighted by Crippen LogP contribution is 2.31. The third kappa shape index (κ3) is 4.95. The van der Waals surface area contributed by atoms with Crippen LogP contribution in [0.5, 0.6) is 0 Å². The number of anilines is 1. The second kappa shape index (κ2) is 9.09. The molecule has 154 valence electrons. The molecule has 0 aliphatic carbocycles. The Bertz CT molecular complexity index is 823. The van der Waals surface area contributed by atoms with Gasteiger partial charge in [0.1, 0.15) is 12.2 Å². The molecule has 2 atom stereocenters. The molecular weight excluding hydrogens is 368 g/mol. The van der Waals surface area contributed by atoms with Crippen molar-refractivity contribution in [1.82, 2.24) is 4.90 Å². The van der Waals surface area contributed by atoms with Gasteiger partial charge >= 0.3 is 6.09 Å². The minimum atomic E-state index is -1.26. The highest BCUT2D eigenvalue weighted by molar-refractivity contribution is 5.94. The van der Waals surface area contributed by atoms with Crippen LogP contribution < -0.4 is 4.90 Å². The van der Waals surface area contributed by atoms with Crippen molar-refractivity contribution in [2.45, 2.75) is 44.9 Å². The van der Waals surface area contributed by atoms with E-state index in [4.69, 9.17) is 4.74 Å². The van der Waals surface area contributed by atoms with Crippen LogP contribution in [0.1, 0.15) is 32.3 Å². The number of ether oxygens (including phenoxy) is 1. The molecule has 2 aromatic carbocycles. The van der Waals surface area contributed by atoms with Crippen molar-refractivity contribution in [2.24, 2.45) is 0 Å². The lowest BCUT2D eigenvalue weighted by molar-refractivity contribution is -0.121. The minimum Gasteiger partial charge on any atom is -0.445 e. The molecule has 0 saturated carbocycles. The van der Waals surface area contributed by atoms with Gasteiger partial charge in [-0.15, -0.1) is 0 Å². The Morgan fingerprint density at radius 3 is 2.34 bits per heavy atom. The number of carbonyl (C=O) groups is 2. The molecule has 29 heavy (non-hydrogen) atoms. The standard InChI is InChI=1S/C23H28N2O4/c1-3-21(26)25(19-12-8-5-9-13-19)20-14-15-24(17-23(20,2)28)22(27)29-16-18-10-6-4-7-11-18/h4-13,20,28H,3,14-17H2,1-2H3/t20-,23+/m0/s1. The monoisotopic (exact) mass is 396 g/mol. The summed E-state index contributed by atoms with van der Waals surface area (Å²) in [5, 5.41) is 11.2. The first kappa shape index (κ1) is 20.9. The first-order chi connectivity index (χ1) is 13.9. The molecule has 0 aromatic heterocycles. The second-order valence-corrected chi connectivity index (χ2v) is 7.58. The predicted molar refractivity (Wildman–Crippen MR) is 111 cm³/mol. The predicted octanol–water partition coefficient (Wildman–Crippen LogP) is 3.59. The Labute approximate surface area is 171 Å². The number of hydrogen-bond donors (Lipinski definition) is 1. The summed E-state index contributed by atoms with van der Waals surface area (Å²) >= 11 is 0. The molecule has 6 heteroatoms. The van der Waals surface area contributed by atoms with E-state index in [0.29, 0.717) is 19.4 Å². The Morgan fingerprint density at radius 2 is 1.76 bits per heavy atom. The van der Waals surface area contributed by atoms with Gasteiger partial charge in [0.15, 0.2) is 0 Å². The summed E-state index contributed by atoms with van der Waals surface area (Å²) in [6, 6.07) is 18.4. The molecule has 0 spiro atoms. The molecule has 0 unspecified atom stereocenters. The van der Waals surface area contributed by atoms with Gasteiger partial charge in [-0.3, -0.25) is 4.79 Å². The summed E-state index contributed by atoms with van der Waals surface area (Å²) in [6.45, 7) is 4.18. The fourth-order valence-corrected chi connectivity index (χ4v) is 3.79. The van der Waals surface area contributed by atoms with E-state index in [1.165, 1.54) is 4.90 Å². The van der Waals surface area contributed by atoms with Gasteiger partial charge in [0.2, 0.25) is 5.91 Å². The van der Waals surface area contributed by atoms with Crippen LogP contribution in [0.4, 0.5) is 10.5 Å². The maximum absolute atomic E-state index is 12.7. The molecule has 1 heterocycles. The molecule has 0 bridgehead atoms. The molecule has 1 aliphatic heterocycles. The van der Waals surface area contributed by atoms with Crippen LogP contribution in [0, 0.1) is 0 Å². The van der Waals surface area contributed by atoms with Crippen molar-refractivity contribution in [2.75, 3.05) is 18.0 Å². The number of para-hydroxylation sites is 1. The lowest BCUT2D eigenvalue weighted by atomic mass is 9.87. The molecule has 2 amide bonds. The SMILES string of the molecule is CCC(=O)N(c1ccccc1)[C@H]1CCN(C(=O)OCc2ccccc2)C[C@@]1(C)O. The summed E-state index contributed by atoms with van der Waals surface area (Å²) in [5.74, 6) is -0.0541. The van der Waals surface area contributed by atoms with Gasteiger partial charge in [0.25, 0.3) is 0 Å². The van der Waals surface area contributed by atoms with Crippen LogP contribution >= 0.6 is 0 Å². The molecule has 0 radical (unpaired) electrons. The smallest absolute Gasteiger partial charge is 0.410 e. The first-order valence-corrected chi connectivity index (χ1v) is 9.97. The Kier molecular flexibility index (Phi) is 6.54. The van der Waals surface area contributed by atoms with Gasteiger partial charge in [-0.1, -0.05) is 55.5 Å². The number of hydrogen-bond acceptors (Lipinski definition) is 4. The average molecular weight is 396 g/mol. The van der Waals surface area contributed by atoms with Crippen molar-refractivity contribution in [3.05, 3.63) is 66.2 Å². The summed E-state index contributed by atoms with van der Waals surface area (Å²) in [4.78, 5) is 28.4. The number of rotatable bonds is 5. The Balaban J connectivity index is 1.70. The maximum Gasteiger partial charge on any atom is 0.410 e. The molecular formula is C23H28N2O4. The molecule has 1 saturated heterocycles. The third-order valence-corrected chi connectivity index (χ3v) is 5.28. The first-order valence-electron chi connectivity index (χ1n) is 9.97. The second-order valence-electron chi connectivity index (χ2n) is 7.58. The van der Waals surface area contributed by atoms with Crippen molar-refractivity contribution in [3.63, 3.8) is 0 Å². The van der Waals surface area contributed by atoms with E-state index < -0.39 is 17.7 Å². The zero-order valence-electron chi connectivity index (χ0n) is 17.0. The van der Waals surface area contributed by atoms with E-state index in [9.17, 15) is 14.7 Å². The van der Waals surface area contributed by atoms with Crippen LogP contribution in [-0.4, -0.2) is 46.7 Å². The van der Waals surface area contributed by atoms with Gasteiger partial charge in [-0.2, -0.15) is 0 Å². The van der Waals surface area contributed by atoms with Crippen molar-refractivity contribution in [3.8, 4) is 0 Å².